The zero-order chi connectivity index (χ0) is 75.4. The first-order valence-corrected chi connectivity index (χ1v) is 41.6. The number of aryl methyl sites for hydroxylation is 1. The number of amides is 4. The summed E-state index contributed by atoms with van der Waals surface area (Å²) in [5.74, 6) is -1.77. The molecule has 5 unspecified atom stereocenters. The Labute approximate surface area is 630 Å². The molecule has 6 aromatic rings. The number of β-amino-alcohol motifs (C(OH)–C–C–N with tert-alkyl or cyclic N) is 1. The van der Waals surface area contributed by atoms with Crippen molar-refractivity contribution in [2.75, 3.05) is 94.5 Å². The van der Waals surface area contributed by atoms with Crippen molar-refractivity contribution in [1.82, 2.24) is 39.9 Å². The Kier molecular flexibility index (Phi) is 27.2. The van der Waals surface area contributed by atoms with Gasteiger partial charge >= 0.3 is 5.51 Å². The largest absolute Gasteiger partial charge is 0.501 e. The van der Waals surface area contributed by atoms with E-state index in [9.17, 15) is 54.3 Å². The lowest BCUT2D eigenvalue weighted by molar-refractivity contribution is -0.144. The summed E-state index contributed by atoms with van der Waals surface area (Å²) < 4.78 is 100. The van der Waals surface area contributed by atoms with Crippen LogP contribution in [-0.2, 0) is 34.2 Å². The van der Waals surface area contributed by atoms with Crippen molar-refractivity contribution < 1.29 is 54.3 Å². The van der Waals surface area contributed by atoms with Gasteiger partial charge in [0, 0.05) is 118 Å². The first-order chi connectivity index (χ1) is 49.8. The van der Waals surface area contributed by atoms with Crippen LogP contribution in [-0.4, -0.2) is 184 Å². The highest BCUT2D eigenvalue weighted by Gasteiger charge is 2.49. The van der Waals surface area contributed by atoms with E-state index in [0.29, 0.717) is 49.3 Å². The summed E-state index contributed by atoms with van der Waals surface area (Å²) in [4.78, 5) is 70.0. The van der Waals surface area contributed by atoms with Crippen molar-refractivity contribution in [3.05, 3.63) is 160 Å². The monoisotopic (exact) mass is 1540 g/mol. The molecular weight excluding hydrogens is 1440 g/mol. The van der Waals surface area contributed by atoms with Crippen LogP contribution in [0.2, 0.25) is 5.02 Å². The first-order valence-electron chi connectivity index (χ1n) is 36.4. The first kappa shape index (κ1) is 80.7. The lowest BCUT2D eigenvalue weighted by Crippen LogP contribution is -2.57. The van der Waals surface area contributed by atoms with E-state index in [1.54, 1.807) is 23.5 Å². The van der Waals surface area contributed by atoms with Gasteiger partial charge in [0.1, 0.15) is 17.0 Å². The third-order valence-electron chi connectivity index (χ3n) is 20.5. The number of aliphatic hydroxyl groups is 1. The van der Waals surface area contributed by atoms with E-state index in [1.807, 2.05) is 112 Å². The number of benzene rings is 5. The second-order valence-corrected chi connectivity index (χ2v) is 36.1. The lowest BCUT2D eigenvalue weighted by Gasteiger charge is -2.39. The summed E-state index contributed by atoms with van der Waals surface area (Å²) in [7, 11) is -11.1. The molecule has 0 bridgehead atoms. The standard InChI is InChI=1S/C78H100ClF3N10O9S4/c1-53(55-19-21-57(22-20-55)71-54(2)83-52-103-71)84-74(96)68-46-63(93)50-92(68)75(97)72(76(3,4)5)86-70(94)18-14-9-8-10-15-36-88-38-40-89(41-39-88)37-34-61(51-102-64-16-12-11-13-17-64)85-67-32-31-65(47-69(67)104(98,99)78(80,81)82)105(100,101)87-73(95)58-25-29-62(30-26-58)91-44-42-90(43-45-91)49-59-48-77(6,7)35-33-66(59)56-23-27-60(79)28-24-56/h11-13,16-17,19-32,47,52-53,61,63,68,72,85,93H,8-10,14-15,18,33-46,48-51H2,1-7H3,(H,84,96)(H,86,94)(H,87,95). The van der Waals surface area contributed by atoms with Gasteiger partial charge in [0.25, 0.3) is 25.8 Å². The quantitative estimate of drug-likeness (QED) is 0.0208. The summed E-state index contributed by atoms with van der Waals surface area (Å²) in [6.45, 7) is 22.3. The van der Waals surface area contributed by atoms with Crippen molar-refractivity contribution in [2.45, 2.75) is 170 Å². The molecule has 5 N–H and O–H groups in total. The van der Waals surface area contributed by atoms with Gasteiger partial charge in [-0.2, -0.15) is 13.2 Å². The molecule has 3 aliphatic heterocycles. The fourth-order valence-corrected chi connectivity index (χ4v) is 18.3. The number of hydrogen-bond donors (Lipinski definition) is 5. The molecule has 0 spiro atoms. The van der Waals surface area contributed by atoms with Crippen molar-refractivity contribution in [2.24, 2.45) is 10.8 Å². The number of likely N-dealkylation sites (tertiary alicyclic amines) is 1. The number of unbranched alkanes of at least 4 members (excludes halogenated alkanes) is 4. The Hall–Kier alpha value is -6.88. The van der Waals surface area contributed by atoms with E-state index in [0.717, 1.165) is 142 Å². The summed E-state index contributed by atoms with van der Waals surface area (Å²) in [6, 6.07) is 31.4. The van der Waals surface area contributed by atoms with E-state index < -0.39 is 82.3 Å². The van der Waals surface area contributed by atoms with Gasteiger partial charge in [0.05, 0.1) is 38.8 Å². The van der Waals surface area contributed by atoms with Crippen LogP contribution in [0.1, 0.15) is 145 Å². The maximum Gasteiger partial charge on any atom is 0.501 e. The number of nitrogens with one attached hydrogen (secondary N) is 4. The molecular formula is C78H100ClF3N10O9S4. The number of anilines is 2. The molecule has 105 heavy (non-hydrogen) atoms. The number of aliphatic hydroxyl groups excluding tert-OH is 1. The molecule has 19 nitrogen and oxygen atoms in total. The molecule has 1 aromatic heterocycles. The number of carbonyl (C=O) groups excluding carboxylic acids is 4. The number of sulfone groups is 1. The summed E-state index contributed by atoms with van der Waals surface area (Å²) in [5, 5.41) is 20.5. The molecule has 5 atom stereocenters. The minimum absolute atomic E-state index is 0.0226. The summed E-state index contributed by atoms with van der Waals surface area (Å²) >= 11 is 9.23. The summed E-state index contributed by atoms with van der Waals surface area (Å²) in [6.07, 6.45) is 7.16. The van der Waals surface area contributed by atoms with Crippen LogP contribution in [0.15, 0.2) is 147 Å². The van der Waals surface area contributed by atoms with Gasteiger partial charge in [-0.05, 0) is 159 Å². The van der Waals surface area contributed by atoms with E-state index >= 15 is 0 Å². The number of rotatable bonds is 30. The number of thioether (sulfide) groups is 1. The minimum atomic E-state index is -6.14. The fraction of sp³-hybridized carbons (Fsp3) is 0.500. The average Bonchev–Trinajstić information content (AvgIpc) is 0.922. The molecule has 4 heterocycles. The number of piperazine rings is 2. The van der Waals surface area contributed by atoms with Crippen molar-refractivity contribution >= 4 is 95.1 Å². The Morgan fingerprint density at radius 1 is 0.771 bits per heavy atom. The topological polar surface area (TPSA) is 234 Å². The van der Waals surface area contributed by atoms with E-state index in [1.165, 1.54) is 45.5 Å². The Balaban J connectivity index is 0.671. The van der Waals surface area contributed by atoms with Crippen LogP contribution in [0.5, 0.6) is 0 Å². The smallest absolute Gasteiger partial charge is 0.391 e. The molecule has 568 valence electrons. The van der Waals surface area contributed by atoms with Crippen LogP contribution in [0.25, 0.3) is 16.0 Å². The number of alkyl halides is 3. The van der Waals surface area contributed by atoms with E-state index in [-0.39, 0.29) is 48.2 Å². The number of carbonyl (C=O) groups is 4. The predicted octanol–water partition coefficient (Wildman–Crippen LogP) is 13.3. The second kappa shape index (κ2) is 35.4. The Morgan fingerprint density at radius 3 is 2.06 bits per heavy atom. The molecule has 10 rings (SSSR count). The fourth-order valence-electron chi connectivity index (χ4n) is 14.3. The van der Waals surface area contributed by atoms with Gasteiger partial charge in [-0.25, -0.2) is 26.5 Å². The maximum atomic E-state index is 14.6. The zero-order valence-corrected chi connectivity index (χ0v) is 65.0. The van der Waals surface area contributed by atoms with Gasteiger partial charge in [0.15, 0.2) is 0 Å². The molecule has 0 saturated carbocycles. The zero-order valence-electron chi connectivity index (χ0n) is 61.0. The second-order valence-electron chi connectivity index (χ2n) is 30.1. The van der Waals surface area contributed by atoms with E-state index in [4.69, 9.17) is 11.6 Å². The Bertz CT molecular complexity index is 4220. The molecule has 3 saturated heterocycles. The highest BCUT2D eigenvalue weighted by atomic mass is 35.5. The van der Waals surface area contributed by atoms with Gasteiger partial charge in [-0.3, -0.25) is 24.1 Å². The lowest BCUT2D eigenvalue weighted by atomic mass is 9.73. The van der Waals surface area contributed by atoms with Crippen molar-refractivity contribution in [3.8, 4) is 10.4 Å². The number of aromatic nitrogens is 1. The van der Waals surface area contributed by atoms with Gasteiger partial charge in [-0.1, -0.05) is 126 Å². The number of thiazole rings is 1. The molecule has 3 fully saturated rings. The van der Waals surface area contributed by atoms with Gasteiger partial charge in [0.2, 0.25) is 17.7 Å². The molecule has 5 aromatic carbocycles. The number of halogens is 4. The average molecular weight is 1540 g/mol. The molecule has 27 heteroatoms. The number of hydrogen-bond acceptors (Lipinski definition) is 17. The Morgan fingerprint density at radius 2 is 1.41 bits per heavy atom. The highest BCUT2D eigenvalue weighted by molar-refractivity contribution is 7.99. The third-order valence-corrected chi connectivity index (χ3v) is 25.7. The van der Waals surface area contributed by atoms with Crippen LogP contribution < -0.4 is 25.6 Å². The molecule has 4 aliphatic rings. The SMILES string of the molecule is Cc1ncsc1-c1ccc(C(C)NC(=O)C2CC(O)CN2C(=O)C(NC(=O)CCCCCCCN2CCN(CCC(CSc3ccccc3)Nc3ccc(S(=O)(=O)NC(=O)c4ccc(N5CCN(CC6=C(c7ccc(Cl)cc7)CCC(C)(C)C6)CC5)cc4)cc3S(=O)(=O)C(F)(F)F)CC2)C(C)(C)C)cc1. The molecule has 4 amide bonds. The molecule has 0 radical (unpaired) electrons. The van der Waals surface area contributed by atoms with Crippen LogP contribution in [0, 0.1) is 17.8 Å². The van der Waals surface area contributed by atoms with E-state index in [2.05, 4.69) is 66.5 Å². The molecule has 1 aliphatic carbocycles. The normalized spacial score (nSPS) is 18.9. The van der Waals surface area contributed by atoms with Crippen LogP contribution in [0.4, 0.5) is 24.5 Å². The van der Waals surface area contributed by atoms with Gasteiger partial charge < -0.3 is 40.7 Å². The van der Waals surface area contributed by atoms with Gasteiger partial charge in [-0.15, -0.1) is 23.1 Å². The summed E-state index contributed by atoms with van der Waals surface area (Å²) in [5.41, 5.74) is 2.79. The number of allylic oxidation sites excluding steroid dienone is 1. The van der Waals surface area contributed by atoms with Crippen LogP contribution >= 0.6 is 34.7 Å². The number of sulfonamides is 1. The van der Waals surface area contributed by atoms with Crippen molar-refractivity contribution in [1.29, 1.82) is 0 Å². The number of nitrogens with zero attached hydrogens (tertiary/aromatic N) is 6. The maximum absolute atomic E-state index is 14.6. The predicted molar refractivity (Wildman–Crippen MR) is 412 cm³/mol. The minimum Gasteiger partial charge on any atom is -0.391 e. The highest BCUT2D eigenvalue weighted by Crippen LogP contribution is 2.44. The van der Waals surface area contributed by atoms with Crippen LogP contribution in [0.3, 0.4) is 0 Å². The van der Waals surface area contributed by atoms with Crippen molar-refractivity contribution in [3.63, 3.8) is 0 Å². The third kappa shape index (κ3) is 21.7.